The Morgan fingerprint density at radius 1 is 1.42 bits per heavy atom. The summed E-state index contributed by atoms with van der Waals surface area (Å²) in [4.78, 5) is 7.59. The third-order valence-corrected chi connectivity index (χ3v) is 2.05. The first kappa shape index (κ1) is 7.68. The van der Waals surface area contributed by atoms with Crippen molar-refractivity contribution in [1.82, 2.24) is 9.97 Å². The molecule has 2 nitrogen and oxygen atoms in total. The van der Waals surface area contributed by atoms with Gasteiger partial charge in [0.1, 0.15) is 5.82 Å². The van der Waals surface area contributed by atoms with Gasteiger partial charge in [0.05, 0.1) is 16.3 Å². The van der Waals surface area contributed by atoms with Crippen LogP contribution < -0.4 is 0 Å². The summed E-state index contributed by atoms with van der Waals surface area (Å²) in [6, 6.07) is 7.98. The SMILES string of the molecule is CC(S)c1nc2ccccc2[nH]1. The van der Waals surface area contributed by atoms with Gasteiger partial charge in [-0.25, -0.2) is 4.98 Å². The van der Waals surface area contributed by atoms with Crippen LogP contribution >= 0.6 is 12.6 Å². The molecule has 0 aliphatic rings. The summed E-state index contributed by atoms with van der Waals surface area (Å²) < 4.78 is 0. The van der Waals surface area contributed by atoms with E-state index in [0.717, 1.165) is 16.9 Å². The maximum Gasteiger partial charge on any atom is 0.119 e. The average Bonchev–Trinajstić information content (AvgIpc) is 2.46. The molecule has 1 heterocycles. The van der Waals surface area contributed by atoms with Gasteiger partial charge >= 0.3 is 0 Å². The zero-order valence-electron chi connectivity index (χ0n) is 6.78. The molecule has 1 N–H and O–H groups in total. The molecule has 0 aliphatic heterocycles. The molecule has 0 bridgehead atoms. The Balaban J connectivity index is 2.62. The Labute approximate surface area is 76.4 Å². The van der Waals surface area contributed by atoms with Gasteiger partial charge in [0.25, 0.3) is 0 Å². The minimum Gasteiger partial charge on any atom is -0.341 e. The van der Waals surface area contributed by atoms with Gasteiger partial charge in [-0.05, 0) is 19.1 Å². The molecule has 1 aromatic carbocycles. The number of hydrogen-bond donors (Lipinski definition) is 2. The van der Waals surface area contributed by atoms with Crippen molar-refractivity contribution in [2.24, 2.45) is 0 Å². The van der Waals surface area contributed by atoms with E-state index in [9.17, 15) is 0 Å². The van der Waals surface area contributed by atoms with Crippen LogP contribution in [0.3, 0.4) is 0 Å². The highest BCUT2D eigenvalue weighted by molar-refractivity contribution is 7.80. The van der Waals surface area contributed by atoms with Crippen LogP contribution in [-0.2, 0) is 0 Å². The molecular weight excluding hydrogens is 168 g/mol. The fourth-order valence-corrected chi connectivity index (χ4v) is 1.29. The van der Waals surface area contributed by atoms with Gasteiger partial charge < -0.3 is 4.98 Å². The lowest BCUT2D eigenvalue weighted by Crippen LogP contribution is -1.85. The molecule has 0 fully saturated rings. The summed E-state index contributed by atoms with van der Waals surface area (Å²) in [5, 5.41) is 0.164. The van der Waals surface area contributed by atoms with Crippen molar-refractivity contribution in [3.05, 3.63) is 30.1 Å². The highest BCUT2D eigenvalue weighted by Crippen LogP contribution is 2.18. The lowest BCUT2D eigenvalue weighted by atomic mass is 10.3. The standard InChI is InChI=1S/C9H10N2S/c1-6(12)9-10-7-4-2-3-5-8(7)11-9/h2-6,12H,1H3,(H,10,11). The number of benzene rings is 1. The molecule has 0 saturated carbocycles. The average molecular weight is 178 g/mol. The molecule has 12 heavy (non-hydrogen) atoms. The number of H-pyrrole nitrogens is 1. The quantitative estimate of drug-likeness (QED) is 0.645. The van der Waals surface area contributed by atoms with E-state index in [0.29, 0.717) is 0 Å². The van der Waals surface area contributed by atoms with Crippen LogP contribution in [0, 0.1) is 0 Å². The van der Waals surface area contributed by atoms with Crippen molar-refractivity contribution >= 4 is 23.7 Å². The fourth-order valence-electron chi connectivity index (χ4n) is 1.17. The largest absolute Gasteiger partial charge is 0.341 e. The van der Waals surface area contributed by atoms with Crippen molar-refractivity contribution in [2.45, 2.75) is 12.2 Å². The molecule has 3 heteroatoms. The van der Waals surface area contributed by atoms with Crippen LogP contribution in [0.5, 0.6) is 0 Å². The monoisotopic (exact) mass is 178 g/mol. The normalized spacial score (nSPS) is 13.5. The zero-order valence-corrected chi connectivity index (χ0v) is 7.68. The third kappa shape index (κ3) is 1.20. The second kappa shape index (κ2) is 2.83. The van der Waals surface area contributed by atoms with Crippen LogP contribution in [0.25, 0.3) is 11.0 Å². The molecule has 1 unspecified atom stereocenters. The summed E-state index contributed by atoms with van der Waals surface area (Å²) in [5.41, 5.74) is 2.09. The fraction of sp³-hybridized carbons (Fsp3) is 0.222. The van der Waals surface area contributed by atoms with Crippen molar-refractivity contribution in [3.8, 4) is 0 Å². The topological polar surface area (TPSA) is 28.7 Å². The van der Waals surface area contributed by atoms with Gasteiger partial charge in [-0.1, -0.05) is 12.1 Å². The predicted octanol–water partition coefficient (Wildman–Crippen LogP) is 2.55. The summed E-state index contributed by atoms with van der Waals surface area (Å²) in [6.07, 6.45) is 0. The number of nitrogens with one attached hydrogen (secondary N) is 1. The first-order chi connectivity index (χ1) is 5.77. The maximum absolute atomic E-state index is 4.38. The number of imidazole rings is 1. The summed E-state index contributed by atoms with van der Waals surface area (Å²) >= 11 is 4.30. The lowest BCUT2D eigenvalue weighted by Gasteiger charge is -1.94. The highest BCUT2D eigenvalue weighted by atomic mass is 32.1. The molecule has 1 aromatic heterocycles. The van der Waals surface area contributed by atoms with Crippen molar-refractivity contribution < 1.29 is 0 Å². The number of hydrogen-bond acceptors (Lipinski definition) is 2. The Hall–Kier alpha value is -0.960. The Bertz CT molecular complexity index is 359. The number of aromatic amines is 1. The van der Waals surface area contributed by atoms with Crippen LogP contribution in [0.1, 0.15) is 18.0 Å². The van der Waals surface area contributed by atoms with Gasteiger partial charge in [-0.2, -0.15) is 12.6 Å². The van der Waals surface area contributed by atoms with Crippen LogP contribution in [0.15, 0.2) is 24.3 Å². The molecule has 62 valence electrons. The van der Waals surface area contributed by atoms with Gasteiger partial charge in [0.15, 0.2) is 0 Å². The van der Waals surface area contributed by atoms with E-state index in [1.165, 1.54) is 0 Å². The number of para-hydroxylation sites is 2. The molecule has 2 aromatic rings. The molecule has 0 radical (unpaired) electrons. The first-order valence-electron chi connectivity index (χ1n) is 3.90. The van der Waals surface area contributed by atoms with Gasteiger partial charge in [0.2, 0.25) is 0 Å². The van der Waals surface area contributed by atoms with Crippen molar-refractivity contribution in [3.63, 3.8) is 0 Å². The van der Waals surface area contributed by atoms with E-state index in [2.05, 4.69) is 22.6 Å². The van der Waals surface area contributed by atoms with Gasteiger partial charge in [0, 0.05) is 0 Å². The van der Waals surface area contributed by atoms with E-state index in [-0.39, 0.29) is 5.25 Å². The maximum atomic E-state index is 4.38. The third-order valence-electron chi connectivity index (χ3n) is 1.80. The number of rotatable bonds is 1. The number of nitrogens with zero attached hydrogens (tertiary/aromatic N) is 1. The Morgan fingerprint density at radius 3 is 2.83 bits per heavy atom. The van der Waals surface area contributed by atoms with Gasteiger partial charge in [-0.15, -0.1) is 0 Å². The highest BCUT2D eigenvalue weighted by Gasteiger charge is 2.04. The number of thiol groups is 1. The van der Waals surface area contributed by atoms with E-state index in [1.807, 2.05) is 31.2 Å². The number of aromatic nitrogens is 2. The summed E-state index contributed by atoms with van der Waals surface area (Å²) in [6.45, 7) is 2.00. The Kier molecular flexibility index (Phi) is 1.81. The molecule has 2 rings (SSSR count). The summed E-state index contributed by atoms with van der Waals surface area (Å²) in [5.74, 6) is 0.930. The molecule has 1 atom stereocenters. The molecule has 0 aliphatic carbocycles. The second-order valence-corrected chi connectivity index (χ2v) is 3.59. The van der Waals surface area contributed by atoms with Crippen LogP contribution in [0.2, 0.25) is 0 Å². The molecule has 0 spiro atoms. The Morgan fingerprint density at radius 2 is 2.17 bits per heavy atom. The van der Waals surface area contributed by atoms with E-state index < -0.39 is 0 Å². The number of fused-ring (bicyclic) bond motifs is 1. The van der Waals surface area contributed by atoms with E-state index in [1.54, 1.807) is 0 Å². The van der Waals surface area contributed by atoms with Crippen molar-refractivity contribution in [1.29, 1.82) is 0 Å². The van der Waals surface area contributed by atoms with E-state index in [4.69, 9.17) is 0 Å². The molecular formula is C9H10N2S. The second-order valence-electron chi connectivity index (χ2n) is 2.82. The lowest BCUT2D eigenvalue weighted by molar-refractivity contribution is 0.981. The molecule has 0 amide bonds. The minimum absolute atomic E-state index is 0.164. The van der Waals surface area contributed by atoms with Crippen LogP contribution in [-0.4, -0.2) is 9.97 Å². The van der Waals surface area contributed by atoms with Crippen molar-refractivity contribution in [2.75, 3.05) is 0 Å². The molecule has 0 saturated heterocycles. The van der Waals surface area contributed by atoms with Gasteiger partial charge in [-0.3, -0.25) is 0 Å². The smallest absolute Gasteiger partial charge is 0.119 e. The van der Waals surface area contributed by atoms with Crippen LogP contribution in [0.4, 0.5) is 0 Å². The minimum atomic E-state index is 0.164. The first-order valence-corrected chi connectivity index (χ1v) is 4.42. The zero-order chi connectivity index (χ0) is 8.55. The van der Waals surface area contributed by atoms with E-state index >= 15 is 0 Å². The summed E-state index contributed by atoms with van der Waals surface area (Å²) in [7, 11) is 0. The predicted molar refractivity (Wildman–Crippen MR) is 53.5 cm³/mol.